The Hall–Kier alpha value is -2.31. The Labute approximate surface area is 130 Å². The van der Waals surface area contributed by atoms with Crippen LogP contribution in [0.4, 0.5) is 16.6 Å². The van der Waals surface area contributed by atoms with Crippen molar-refractivity contribution in [1.29, 1.82) is 0 Å². The number of nitrogens with one attached hydrogen (secondary N) is 2. The Morgan fingerprint density at radius 3 is 3.00 bits per heavy atom. The Balaban J connectivity index is 1.83. The van der Waals surface area contributed by atoms with Gasteiger partial charge in [0.15, 0.2) is 0 Å². The molecule has 120 valence electrons. The minimum atomic E-state index is -0.223. The highest BCUT2D eigenvalue weighted by atomic mass is 16.6. The maximum absolute atomic E-state index is 11.7. The molecule has 1 amide bonds. The van der Waals surface area contributed by atoms with Gasteiger partial charge in [0.05, 0.1) is 6.61 Å². The fraction of sp³-hybridized carbons (Fsp3) is 0.533. The molecule has 0 aromatic carbocycles. The van der Waals surface area contributed by atoms with Crippen LogP contribution < -0.4 is 10.6 Å². The van der Waals surface area contributed by atoms with Gasteiger partial charge in [0.1, 0.15) is 5.82 Å². The van der Waals surface area contributed by atoms with Crippen molar-refractivity contribution in [1.82, 2.24) is 14.9 Å². The molecule has 0 saturated carbocycles. The van der Waals surface area contributed by atoms with Gasteiger partial charge in [-0.2, -0.15) is 4.98 Å². The number of piperidine rings is 1. The molecule has 2 heterocycles. The molecule has 0 aliphatic carbocycles. The van der Waals surface area contributed by atoms with Gasteiger partial charge < -0.3 is 20.3 Å². The molecule has 22 heavy (non-hydrogen) atoms. The lowest BCUT2D eigenvalue weighted by Crippen LogP contribution is -2.42. The van der Waals surface area contributed by atoms with E-state index in [-0.39, 0.29) is 6.09 Å². The number of hydrogen-bond acceptors (Lipinski definition) is 6. The number of amides is 1. The standard InChI is InChI=1S/C15H23N5O2/c1-3-8-16-14-17-9-5-13(19-14)18-12-6-10-20(11-7-12)15(21)22-4-2/h3,5,9,12H,1,4,6-8,10-11H2,2H3,(H2,16,17,18,19). The van der Waals surface area contributed by atoms with Gasteiger partial charge in [0.2, 0.25) is 5.95 Å². The normalized spacial score (nSPS) is 15.2. The molecule has 7 heteroatoms. The molecule has 1 aliphatic rings. The lowest BCUT2D eigenvalue weighted by atomic mass is 10.1. The Kier molecular flexibility index (Phi) is 6.00. The second-order valence-electron chi connectivity index (χ2n) is 5.04. The maximum Gasteiger partial charge on any atom is 0.409 e. The molecule has 1 aliphatic heterocycles. The molecule has 0 spiro atoms. The highest BCUT2D eigenvalue weighted by molar-refractivity contribution is 5.67. The first-order valence-electron chi connectivity index (χ1n) is 7.59. The number of anilines is 2. The minimum absolute atomic E-state index is 0.223. The Morgan fingerprint density at radius 2 is 2.32 bits per heavy atom. The molecule has 0 radical (unpaired) electrons. The zero-order valence-corrected chi connectivity index (χ0v) is 12.9. The van der Waals surface area contributed by atoms with Crippen LogP contribution >= 0.6 is 0 Å². The van der Waals surface area contributed by atoms with Gasteiger partial charge >= 0.3 is 6.09 Å². The molecule has 1 aromatic heterocycles. The first-order chi connectivity index (χ1) is 10.7. The van der Waals surface area contributed by atoms with E-state index in [1.54, 1.807) is 17.2 Å². The van der Waals surface area contributed by atoms with E-state index in [4.69, 9.17) is 4.74 Å². The monoisotopic (exact) mass is 305 g/mol. The van der Waals surface area contributed by atoms with Crippen LogP contribution in [0.5, 0.6) is 0 Å². The van der Waals surface area contributed by atoms with Crippen LogP contribution in [0.2, 0.25) is 0 Å². The van der Waals surface area contributed by atoms with Crippen molar-refractivity contribution in [3.63, 3.8) is 0 Å². The number of nitrogens with zero attached hydrogens (tertiary/aromatic N) is 3. The average molecular weight is 305 g/mol. The van der Waals surface area contributed by atoms with Crippen molar-refractivity contribution >= 4 is 17.9 Å². The van der Waals surface area contributed by atoms with Crippen LogP contribution in [0.1, 0.15) is 19.8 Å². The van der Waals surface area contributed by atoms with Gasteiger partial charge in [-0.25, -0.2) is 9.78 Å². The van der Waals surface area contributed by atoms with E-state index in [0.717, 1.165) is 18.7 Å². The number of likely N-dealkylation sites (tertiary alicyclic amines) is 1. The van der Waals surface area contributed by atoms with E-state index in [1.807, 2.05) is 13.0 Å². The van der Waals surface area contributed by atoms with E-state index in [1.165, 1.54) is 0 Å². The molecule has 1 fully saturated rings. The summed E-state index contributed by atoms with van der Waals surface area (Å²) in [7, 11) is 0. The first-order valence-corrected chi connectivity index (χ1v) is 7.59. The molecule has 2 N–H and O–H groups in total. The van der Waals surface area contributed by atoms with Gasteiger partial charge in [-0.3, -0.25) is 0 Å². The summed E-state index contributed by atoms with van der Waals surface area (Å²) in [5.41, 5.74) is 0. The largest absolute Gasteiger partial charge is 0.450 e. The predicted octanol–water partition coefficient (Wildman–Crippen LogP) is 2.11. The van der Waals surface area contributed by atoms with Crippen molar-refractivity contribution in [2.24, 2.45) is 0 Å². The minimum Gasteiger partial charge on any atom is -0.450 e. The third-order valence-corrected chi connectivity index (χ3v) is 3.43. The maximum atomic E-state index is 11.7. The summed E-state index contributed by atoms with van der Waals surface area (Å²) in [5, 5.41) is 6.45. The van der Waals surface area contributed by atoms with Gasteiger partial charge in [0.25, 0.3) is 0 Å². The molecule has 7 nitrogen and oxygen atoms in total. The van der Waals surface area contributed by atoms with E-state index >= 15 is 0 Å². The summed E-state index contributed by atoms with van der Waals surface area (Å²) in [6.45, 7) is 7.91. The van der Waals surface area contributed by atoms with Crippen molar-refractivity contribution < 1.29 is 9.53 Å². The number of ether oxygens (including phenoxy) is 1. The summed E-state index contributed by atoms with van der Waals surface area (Å²) in [5.74, 6) is 1.37. The fourth-order valence-electron chi connectivity index (χ4n) is 2.32. The van der Waals surface area contributed by atoms with Crippen LogP contribution in [0.25, 0.3) is 0 Å². The summed E-state index contributed by atoms with van der Waals surface area (Å²) in [4.78, 5) is 22.0. The fourth-order valence-corrected chi connectivity index (χ4v) is 2.32. The molecular formula is C15H23N5O2. The van der Waals surface area contributed by atoms with Crippen LogP contribution in [0.3, 0.4) is 0 Å². The smallest absolute Gasteiger partial charge is 0.409 e. The number of rotatable bonds is 6. The second-order valence-corrected chi connectivity index (χ2v) is 5.04. The zero-order valence-electron chi connectivity index (χ0n) is 12.9. The highest BCUT2D eigenvalue weighted by Gasteiger charge is 2.23. The van der Waals surface area contributed by atoms with Crippen LogP contribution in [0.15, 0.2) is 24.9 Å². The number of carbonyl (C=O) groups excluding carboxylic acids is 1. The number of aromatic nitrogens is 2. The van der Waals surface area contributed by atoms with E-state index in [2.05, 4.69) is 27.2 Å². The summed E-state index contributed by atoms with van der Waals surface area (Å²) in [6, 6.07) is 2.14. The van der Waals surface area contributed by atoms with Crippen LogP contribution in [-0.2, 0) is 4.74 Å². The first kappa shape index (κ1) is 16.1. The van der Waals surface area contributed by atoms with Crippen LogP contribution in [-0.4, -0.2) is 53.2 Å². The topological polar surface area (TPSA) is 79.4 Å². The quantitative estimate of drug-likeness (QED) is 0.784. The van der Waals surface area contributed by atoms with Gasteiger partial charge in [0, 0.05) is 31.9 Å². The van der Waals surface area contributed by atoms with Gasteiger partial charge in [-0.15, -0.1) is 6.58 Å². The lowest BCUT2D eigenvalue weighted by molar-refractivity contribution is 0.0983. The SMILES string of the molecule is C=CCNc1nccc(NC2CCN(C(=O)OCC)CC2)n1. The van der Waals surface area contributed by atoms with Crippen molar-refractivity contribution in [3.05, 3.63) is 24.9 Å². The van der Waals surface area contributed by atoms with E-state index in [9.17, 15) is 4.79 Å². The third-order valence-electron chi connectivity index (χ3n) is 3.43. The average Bonchev–Trinajstić information content (AvgIpc) is 2.54. The van der Waals surface area contributed by atoms with Crippen molar-refractivity contribution in [2.45, 2.75) is 25.8 Å². The molecule has 0 atom stereocenters. The Bertz CT molecular complexity index is 500. The van der Waals surface area contributed by atoms with Crippen LogP contribution in [0, 0.1) is 0 Å². The van der Waals surface area contributed by atoms with E-state index < -0.39 is 0 Å². The second kappa shape index (κ2) is 8.21. The highest BCUT2D eigenvalue weighted by Crippen LogP contribution is 2.16. The van der Waals surface area contributed by atoms with Crippen molar-refractivity contribution in [3.8, 4) is 0 Å². The van der Waals surface area contributed by atoms with Gasteiger partial charge in [-0.05, 0) is 25.8 Å². The predicted molar refractivity (Wildman–Crippen MR) is 86.0 cm³/mol. The summed E-state index contributed by atoms with van der Waals surface area (Å²) >= 11 is 0. The van der Waals surface area contributed by atoms with Crippen molar-refractivity contribution in [2.75, 3.05) is 36.9 Å². The third kappa shape index (κ3) is 4.61. The molecule has 1 saturated heterocycles. The summed E-state index contributed by atoms with van der Waals surface area (Å²) in [6.07, 6.45) is 5.00. The lowest BCUT2D eigenvalue weighted by Gasteiger charge is -2.31. The van der Waals surface area contributed by atoms with E-state index in [0.29, 0.717) is 38.2 Å². The summed E-state index contributed by atoms with van der Waals surface area (Å²) < 4.78 is 5.02. The number of hydrogen-bond donors (Lipinski definition) is 2. The van der Waals surface area contributed by atoms with Gasteiger partial charge in [-0.1, -0.05) is 6.08 Å². The molecule has 2 rings (SSSR count). The molecule has 1 aromatic rings. The Morgan fingerprint density at radius 1 is 1.55 bits per heavy atom. The number of carbonyl (C=O) groups is 1. The molecule has 0 bridgehead atoms. The molecule has 0 unspecified atom stereocenters. The zero-order chi connectivity index (χ0) is 15.8. The molecular weight excluding hydrogens is 282 g/mol.